The van der Waals surface area contributed by atoms with Crippen LogP contribution in [0.5, 0.6) is 0 Å². The minimum absolute atomic E-state index is 0.0828. The molecule has 0 saturated heterocycles. The van der Waals surface area contributed by atoms with Crippen LogP contribution >= 0.6 is 23.2 Å². The van der Waals surface area contributed by atoms with Crippen molar-refractivity contribution >= 4 is 50.5 Å². The number of ether oxygens (including phenoxy) is 1. The number of carbonyl (C=O) groups excluding carboxylic acids is 1. The molecule has 2 rings (SSSR count). The molecule has 0 aromatic heterocycles. The third-order valence-electron chi connectivity index (χ3n) is 3.87. The molecule has 2 aromatic carbocycles. The first-order chi connectivity index (χ1) is 13.2. The Morgan fingerprint density at radius 3 is 2.39 bits per heavy atom. The fourth-order valence-corrected chi connectivity index (χ4v) is 4.37. The van der Waals surface area contributed by atoms with Crippen molar-refractivity contribution in [1.82, 2.24) is 0 Å². The van der Waals surface area contributed by atoms with Crippen molar-refractivity contribution in [2.75, 3.05) is 29.5 Å². The van der Waals surface area contributed by atoms with Crippen molar-refractivity contribution in [3.05, 3.63) is 58.1 Å². The second-order valence-electron chi connectivity index (χ2n) is 6.19. The van der Waals surface area contributed by atoms with Gasteiger partial charge in [-0.2, -0.15) is 0 Å². The predicted octanol–water partition coefficient (Wildman–Crippen LogP) is 4.32. The molecule has 0 atom stereocenters. The van der Waals surface area contributed by atoms with E-state index in [1.54, 1.807) is 31.4 Å². The zero-order valence-corrected chi connectivity index (χ0v) is 17.9. The third-order valence-corrected chi connectivity index (χ3v) is 5.65. The molecule has 0 aliphatic carbocycles. The Labute approximate surface area is 175 Å². The lowest BCUT2D eigenvalue weighted by Gasteiger charge is -2.24. The predicted molar refractivity (Wildman–Crippen MR) is 114 cm³/mol. The van der Waals surface area contributed by atoms with E-state index in [0.29, 0.717) is 18.7 Å². The average molecular weight is 445 g/mol. The van der Waals surface area contributed by atoms with Gasteiger partial charge < -0.3 is 10.1 Å². The first kappa shape index (κ1) is 22.5. The van der Waals surface area contributed by atoms with Crippen LogP contribution in [0.2, 0.25) is 10.0 Å². The Morgan fingerprint density at radius 1 is 1.14 bits per heavy atom. The van der Waals surface area contributed by atoms with Crippen LogP contribution in [0, 0.1) is 0 Å². The number of anilines is 2. The van der Waals surface area contributed by atoms with E-state index in [1.807, 2.05) is 18.2 Å². The summed E-state index contributed by atoms with van der Waals surface area (Å²) in [7, 11) is -2.01. The molecular formula is C19H22Cl2N2O4S. The molecule has 0 bridgehead atoms. The van der Waals surface area contributed by atoms with E-state index >= 15 is 0 Å². The number of carbonyl (C=O) groups is 1. The van der Waals surface area contributed by atoms with Gasteiger partial charge in [-0.05, 0) is 36.2 Å². The number of rotatable bonds is 9. The summed E-state index contributed by atoms with van der Waals surface area (Å²) in [4.78, 5) is 12.2. The minimum atomic E-state index is -3.61. The molecular weight excluding hydrogens is 423 g/mol. The molecule has 0 radical (unpaired) electrons. The number of nitrogens with one attached hydrogen (secondary N) is 1. The molecule has 2 aromatic rings. The Hall–Kier alpha value is -1.80. The Morgan fingerprint density at radius 2 is 1.79 bits per heavy atom. The molecule has 9 heteroatoms. The number of benzene rings is 2. The lowest BCUT2D eigenvalue weighted by molar-refractivity contribution is -0.116. The highest BCUT2D eigenvalue weighted by molar-refractivity contribution is 7.92. The number of sulfonamides is 1. The maximum Gasteiger partial charge on any atom is 0.232 e. The molecule has 152 valence electrons. The van der Waals surface area contributed by atoms with Gasteiger partial charge in [0.15, 0.2) is 0 Å². The van der Waals surface area contributed by atoms with Gasteiger partial charge in [-0.3, -0.25) is 9.10 Å². The van der Waals surface area contributed by atoms with E-state index in [2.05, 4.69) is 5.32 Å². The molecule has 0 saturated carbocycles. The van der Waals surface area contributed by atoms with Crippen LogP contribution in [0.1, 0.15) is 18.4 Å². The van der Waals surface area contributed by atoms with Crippen molar-refractivity contribution in [1.29, 1.82) is 0 Å². The van der Waals surface area contributed by atoms with Crippen LogP contribution in [0.4, 0.5) is 11.4 Å². The second-order valence-corrected chi connectivity index (χ2v) is 8.91. The molecule has 0 aliphatic heterocycles. The van der Waals surface area contributed by atoms with Gasteiger partial charge >= 0.3 is 0 Å². The highest BCUT2D eigenvalue weighted by atomic mass is 35.5. The fraction of sp³-hybridized carbons (Fsp3) is 0.316. The number of amides is 1. The summed E-state index contributed by atoms with van der Waals surface area (Å²) in [6.45, 7) is 0.533. The van der Waals surface area contributed by atoms with Crippen LogP contribution in [-0.2, 0) is 26.2 Å². The van der Waals surface area contributed by atoms with Gasteiger partial charge in [0.1, 0.15) is 0 Å². The lowest BCUT2D eigenvalue weighted by atomic mass is 10.2. The quantitative estimate of drug-likeness (QED) is 0.624. The third kappa shape index (κ3) is 6.38. The number of hydrogen-bond donors (Lipinski definition) is 1. The van der Waals surface area contributed by atoms with Crippen LogP contribution < -0.4 is 9.62 Å². The summed E-state index contributed by atoms with van der Waals surface area (Å²) in [5, 5.41) is 3.27. The summed E-state index contributed by atoms with van der Waals surface area (Å²) in [5.41, 5.74) is 1.83. The van der Waals surface area contributed by atoms with Gasteiger partial charge in [-0.25, -0.2) is 8.42 Å². The molecule has 0 aliphatic rings. The molecule has 0 fully saturated rings. The van der Waals surface area contributed by atoms with Crippen molar-refractivity contribution < 1.29 is 17.9 Å². The smallest absolute Gasteiger partial charge is 0.232 e. The Bertz CT molecular complexity index is 915. The van der Waals surface area contributed by atoms with Gasteiger partial charge in [-0.1, -0.05) is 41.4 Å². The molecule has 1 amide bonds. The first-order valence-electron chi connectivity index (χ1n) is 8.52. The van der Waals surface area contributed by atoms with Crippen LogP contribution in [-0.4, -0.2) is 34.2 Å². The van der Waals surface area contributed by atoms with Crippen LogP contribution in [0.25, 0.3) is 0 Å². The number of nitrogens with zero attached hydrogens (tertiary/aromatic N) is 1. The molecule has 0 unspecified atom stereocenters. The maximum absolute atomic E-state index is 12.2. The van der Waals surface area contributed by atoms with E-state index in [4.69, 9.17) is 27.9 Å². The normalized spacial score (nSPS) is 11.3. The molecule has 28 heavy (non-hydrogen) atoms. The fourth-order valence-electron chi connectivity index (χ4n) is 2.68. The summed E-state index contributed by atoms with van der Waals surface area (Å²) in [6, 6.07) is 12.1. The average Bonchev–Trinajstić information content (AvgIpc) is 2.60. The van der Waals surface area contributed by atoms with Gasteiger partial charge in [0, 0.05) is 25.8 Å². The SMILES string of the molecule is COCc1cccc(NC(=O)CCCN(c2c(Cl)cccc2Cl)S(C)(=O)=O)c1. The van der Waals surface area contributed by atoms with E-state index in [0.717, 1.165) is 16.1 Å². The topological polar surface area (TPSA) is 75.7 Å². The largest absolute Gasteiger partial charge is 0.380 e. The van der Waals surface area contributed by atoms with E-state index < -0.39 is 10.0 Å². The zero-order valence-electron chi connectivity index (χ0n) is 15.6. The van der Waals surface area contributed by atoms with E-state index in [9.17, 15) is 13.2 Å². The Balaban J connectivity index is 2.01. The molecule has 0 heterocycles. The van der Waals surface area contributed by atoms with Gasteiger partial charge in [0.2, 0.25) is 15.9 Å². The standard InChI is InChI=1S/C19H22Cl2N2O4S/c1-27-13-14-6-3-7-15(12-14)22-18(24)10-5-11-23(28(2,25)26)19-16(20)8-4-9-17(19)21/h3-4,6-9,12H,5,10-11,13H2,1-2H3,(H,22,24). The molecule has 0 spiro atoms. The van der Waals surface area contributed by atoms with Crippen molar-refractivity contribution in [2.45, 2.75) is 19.4 Å². The molecule has 6 nitrogen and oxygen atoms in total. The molecule has 1 N–H and O–H groups in total. The van der Waals surface area contributed by atoms with Gasteiger partial charge in [0.25, 0.3) is 0 Å². The highest BCUT2D eigenvalue weighted by Gasteiger charge is 2.22. The van der Waals surface area contributed by atoms with E-state index in [-0.39, 0.29) is 34.6 Å². The summed E-state index contributed by atoms with van der Waals surface area (Å²) in [6.07, 6.45) is 1.52. The minimum Gasteiger partial charge on any atom is -0.380 e. The van der Waals surface area contributed by atoms with Crippen LogP contribution in [0.3, 0.4) is 0 Å². The number of halogens is 2. The highest BCUT2D eigenvalue weighted by Crippen LogP contribution is 2.35. The van der Waals surface area contributed by atoms with Crippen molar-refractivity contribution in [3.63, 3.8) is 0 Å². The summed E-state index contributed by atoms with van der Waals surface area (Å²) < 4.78 is 30.6. The number of methoxy groups -OCH3 is 1. The van der Waals surface area contributed by atoms with E-state index in [1.165, 1.54) is 0 Å². The Kier molecular flexibility index (Phi) is 8.12. The van der Waals surface area contributed by atoms with Crippen LogP contribution in [0.15, 0.2) is 42.5 Å². The van der Waals surface area contributed by atoms with Gasteiger partial charge in [0.05, 0.1) is 28.6 Å². The van der Waals surface area contributed by atoms with Gasteiger partial charge in [-0.15, -0.1) is 0 Å². The number of para-hydroxylation sites is 1. The zero-order chi connectivity index (χ0) is 20.7. The summed E-state index contributed by atoms with van der Waals surface area (Å²) in [5.74, 6) is -0.215. The second kappa shape index (κ2) is 10.1. The maximum atomic E-state index is 12.2. The monoisotopic (exact) mass is 444 g/mol. The first-order valence-corrected chi connectivity index (χ1v) is 11.1. The summed E-state index contributed by atoms with van der Waals surface area (Å²) >= 11 is 12.3. The number of hydrogen-bond acceptors (Lipinski definition) is 4. The van der Waals surface area contributed by atoms with Crippen molar-refractivity contribution in [3.8, 4) is 0 Å². The van der Waals surface area contributed by atoms with Crippen molar-refractivity contribution in [2.24, 2.45) is 0 Å². The lowest BCUT2D eigenvalue weighted by Crippen LogP contribution is -2.32.